The Morgan fingerprint density at radius 1 is 0.943 bits per heavy atom. The van der Waals surface area contributed by atoms with E-state index in [1.165, 1.54) is 12.1 Å². The highest BCUT2D eigenvalue weighted by molar-refractivity contribution is 6.62. The zero-order valence-electron chi connectivity index (χ0n) is 30.6. The average molecular weight is 747 g/mol. The predicted octanol–water partition coefficient (Wildman–Crippen LogP) is 2.71. The Morgan fingerprint density at radius 2 is 1.57 bits per heavy atom. The fourth-order valence-corrected chi connectivity index (χ4v) is 6.56. The third kappa shape index (κ3) is 12.2. The highest BCUT2D eigenvalue weighted by Gasteiger charge is 2.41. The number of nitrogens with one attached hydrogen (secondary N) is 4. The van der Waals surface area contributed by atoms with E-state index >= 15 is 0 Å². The number of alkyl carbamates (subject to hydrolysis) is 1. The van der Waals surface area contributed by atoms with Gasteiger partial charge < -0.3 is 47.1 Å². The van der Waals surface area contributed by atoms with Crippen LogP contribution in [0.4, 0.5) is 23.7 Å². The van der Waals surface area contributed by atoms with Crippen molar-refractivity contribution in [3.8, 4) is 0 Å². The maximum Gasteiger partial charge on any atom is 0.492 e. The number of halogens is 3. The number of carbonyl (C=O) groups excluding carboxylic acids is 4. The predicted molar refractivity (Wildman–Crippen MR) is 193 cm³/mol. The summed E-state index contributed by atoms with van der Waals surface area (Å²) < 4.78 is 50.4. The van der Waals surface area contributed by atoms with Gasteiger partial charge in [0.25, 0.3) is 0 Å². The molecule has 1 saturated carbocycles. The zero-order valence-corrected chi connectivity index (χ0v) is 30.6. The molecule has 2 aromatic carbocycles. The molecule has 4 atom stereocenters. The van der Waals surface area contributed by atoms with Crippen molar-refractivity contribution in [1.82, 2.24) is 16.0 Å². The Kier molecular flexibility index (Phi) is 13.2. The van der Waals surface area contributed by atoms with Crippen LogP contribution in [0.15, 0.2) is 42.5 Å². The Bertz CT molecular complexity index is 1630. The molecule has 4 unspecified atom stereocenters. The molecule has 1 aliphatic carbocycles. The van der Waals surface area contributed by atoms with Crippen LogP contribution < -0.4 is 38.2 Å². The second kappa shape index (κ2) is 16.9. The number of carbonyl (C=O) groups is 4. The average Bonchev–Trinajstić information content (AvgIpc) is 3.26. The third-order valence-electron chi connectivity index (χ3n) is 9.09. The van der Waals surface area contributed by atoms with Gasteiger partial charge in [-0.05, 0) is 114 Å². The summed E-state index contributed by atoms with van der Waals surface area (Å²) in [5.74, 6) is -1.85. The lowest BCUT2D eigenvalue weighted by Crippen LogP contribution is -2.54. The second-order valence-corrected chi connectivity index (χ2v) is 15.3. The van der Waals surface area contributed by atoms with Gasteiger partial charge in [-0.3, -0.25) is 14.4 Å². The van der Waals surface area contributed by atoms with Crippen LogP contribution in [0.3, 0.4) is 0 Å². The third-order valence-corrected chi connectivity index (χ3v) is 9.09. The monoisotopic (exact) mass is 746 g/mol. The van der Waals surface area contributed by atoms with Gasteiger partial charge in [0.05, 0.1) is 11.2 Å². The topological polar surface area (TPSA) is 207 Å². The Labute approximate surface area is 307 Å². The van der Waals surface area contributed by atoms with Crippen LogP contribution in [-0.4, -0.2) is 71.8 Å². The molecule has 1 aliphatic heterocycles. The first-order valence-electron chi connectivity index (χ1n) is 17.7. The molecule has 0 saturated heterocycles. The number of benzene rings is 2. The molecule has 13 nitrogen and oxygen atoms in total. The van der Waals surface area contributed by atoms with Crippen LogP contribution in [0.2, 0.25) is 0 Å². The number of rotatable bonds is 12. The summed E-state index contributed by atoms with van der Waals surface area (Å²) in [5.41, 5.74) is 11.6. The molecular weight excluding hydrogens is 696 g/mol. The van der Waals surface area contributed by atoms with E-state index in [2.05, 4.69) is 21.3 Å². The zero-order chi connectivity index (χ0) is 39.3. The Balaban J connectivity index is 1.53. The first kappa shape index (κ1) is 41.6. The number of alkyl halides is 3. The van der Waals surface area contributed by atoms with Crippen molar-refractivity contribution in [3.05, 3.63) is 59.2 Å². The number of ether oxygens (including phenoxy) is 1. The smallest absolute Gasteiger partial charge is 0.444 e. The molecule has 4 rings (SSSR count). The lowest BCUT2D eigenvalue weighted by atomic mass is 9.78. The lowest BCUT2D eigenvalue weighted by Gasteiger charge is -2.31. The quantitative estimate of drug-likeness (QED) is 0.159. The second-order valence-electron chi connectivity index (χ2n) is 15.3. The SMILES string of the molecule is CC(C)(C)OC(=O)NC(CCC(=O)NC1CC(N)CC(N)C1)C(=O)NC(CCc1ccc(C(F)(F)F)cc1)C(=O)Nc1ccc2c(c1)B(O)OC2(C)C. The molecule has 9 N–H and O–H groups in total. The Hall–Kier alpha value is -4.19. The van der Waals surface area contributed by atoms with Gasteiger partial charge in [-0.1, -0.05) is 18.2 Å². The maximum absolute atomic E-state index is 13.8. The van der Waals surface area contributed by atoms with Crippen molar-refractivity contribution < 1.29 is 46.8 Å². The molecule has 0 bridgehead atoms. The first-order chi connectivity index (χ1) is 24.6. The van der Waals surface area contributed by atoms with E-state index in [-0.39, 0.29) is 49.7 Å². The van der Waals surface area contributed by atoms with E-state index in [4.69, 9.17) is 20.9 Å². The molecule has 290 valence electrons. The van der Waals surface area contributed by atoms with Crippen molar-refractivity contribution in [2.75, 3.05) is 5.32 Å². The van der Waals surface area contributed by atoms with Crippen LogP contribution in [-0.2, 0) is 42.0 Å². The number of hydrogen-bond donors (Lipinski definition) is 7. The van der Waals surface area contributed by atoms with Crippen molar-refractivity contribution in [2.24, 2.45) is 11.5 Å². The van der Waals surface area contributed by atoms with E-state index in [1.807, 2.05) is 0 Å². The van der Waals surface area contributed by atoms with Crippen LogP contribution in [0, 0.1) is 0 Å². The van der Waals surface area contributed by atoms with Crippen LogP contribution in [0.5, 0.6) is 0 Å². The fraction of sp³-hybridized carbons (Fsp3) is 0.556. The Morgan fingerprint density at radius 3 is 2.17 bits per heavy atom. The van der Waals surface area contributed by atoms with Crippen LogP contribution in [0.25, 0.3) is 0 Å². The van der Waals surface area contributed by atoms with E-state index in [9.17, 15) is 37.4 Å². The first-order valence-corrected chi connectivity index (χ1v) is 17.7. The van der Waals surface area contributed by atoms with E-state index < -0.39 is 60.1 Å². The number of aryl methyl sites for hydroxylation is 1. The van der Waals surface area contributed by atoms with Gasteiger partial charge in [-0.25, -0.2) is 4.79 Å². The van der Waals surface area contributed by atoms with Crippen molar-refractivity contribution in [2.45, 2.75) is 127 Å². The van der Waals surface area contributed by atoms with Gasteiger partial charge in [0.1, 0.15) is 17.7 Å². The van der Waals surface area contributed by atoms with Gasteiger partial charge in [0.2, 0.25) is 17.7 Å². The molecular formula is C36H50BF3N6O7. The minimum absolute atomic E-state index is 0.0471. The number of hydrogen-bond acceptors (Lipinski definition) is 9. The molecule has 0 radical (unpaired) electrons. The van der Waals surface area contributed by atoms with Crippen molar-refractivity contribution >= 4 is 42.1 Å². The molecule has 17 heteroatoms. The molecule has 4 amide bonds. The largest absolute Gasteiger partial charge is 0.492 e. The van der Waals surface area contributed by atoms with Gasteiger partial charge in [-0.15, -0.1) is 0 Å². The highest BCUT2D eigenvalue weighted by atomic mass is 19.4. The minimum atomic E-state index is -4.53. The number of amides is 4. The molecule has 1 fully saturated rings. The molecule has 0 aromatic heterocycles. The van der Waals surface area contributed by atoms with E-state index in [1.54, 1.807) is 52.8 Å². The van der Waals surface area contributed by atoms with Gasteiger partial charge in [-0.2, -0.15) is 13.2 Å². The summed E-state index contributed by atoms with van der Waals surface area (Å²) >= 11 is 0. The lowest BCUT2D eigenvalue weighted by molar-refractivity contribution is -0.137. The van der Waals surface area contributed by atoms with Gasteiger partial charge in [0.15, 0.2) is 0 Å². The van der Waals surface area contributed by atoms with Crippen molar-refractivity contribution in [3.63, 3.8) is 0 Å². The summed E-state index contributed by atoms with van der Waals surface area (Å²) in [6.07, 6.45) is -4.00. The molecule has 1 heterocycles. The van der Waals surface area contributed by atoms with E-state index in [0.717, 1.165) is 17.7 Å². The maximum atomic E-state index is 13.8. The molecule has 2 aliphatic rings. The number of fused-ring (bicyclic) bond motifs is 1. The summed E-state index contributed by atoms with van der Waals surface area (Å²) in [6, 6.07) is 6.19. The van der Waals surface area contributed by atoms with E-state index in [0.29, 0.717) is 36.0 Å². The summed E-state index contributed by atoms with van der Waals surface area (Å²) in [7, 11) is -1.23. The fourth-order valence-electron chi connectivity index (χ4n) is 6.56. The number of anilines is 1. The van der Waals surface area contributed by atoms with Crippen molar-refractivity contribution in [1.29, 1.82) is 0 Å². The molecule has 0 spiro atoms. The van der Waals surface area contributed by atoms with Crippen LogP contribution >= 0.6 is 0 Å². The normalized spacial score (nSPS) is 20.8. The molecule has 53 heavy (non-hydrogen) atoms. The summed E-state index contributed by atoms with van der Waals surface area (Å²) in [5, 5.41) is 21.2. The minimum Gasteiger partial charge on any atom is -0.444 e. The highest BCUT2D eigenvalue weighted by Crippen LogP contribution is 2.31. The standard InChI is InChI=1S/C36H50BF3N6O7/c1-34(2,3)52-33(50)46-29(14-15-30(47)43-25-17-22(41)16-23(42)18-25)32(49)45-28(13-8-20-6-9-21(10-7-20)36(38,39)40)31(48)44-24-11-12-26-27(19-24)37(51)53-35(26,4)5/h6-7,9-12,19,22-23,25,28-29,51H,8,13-18,41-42H2,1-5H3,(H,43,47)(H,44,48)(H,45,49)(H,46,50). The number of nitrogens with two attached hydrogens (primary N) is 2. The van der Waals surface area contributed by atoms with Crippen LogP contribution in [0.1, 0.15) is 89.8 Å². The molecule has 2 aromatic rings. The summed E-state index contributed by atoms with van der Waals surface area (Å²) in [4.78, 5) is 53.4. The van der Waals surface area contributed by atoms with Gasteiger partial charge in [0, 0.05) is 30.2 Å². The summed E-state index contributed by atoms with van der Waals surface area (Å²) in [6.45, 7) is 8.50. The van der Waals surface area contributed by atoms with Gasteiger partial charge >= 0.3 is 19.4 Å².